The molecule has 0 aromatic rings. The van der Waals surface area contributed by atoms with Crippen molar-refractivity contribution in [2.24, 2.45) is 5.92 Å². The average Bonchev–Trinajstić information content (AvgIpc) is 2.89. The first-order valence-corrected chi connectivity index (χ1v) is 8.82. The van der Waals surface area contributed by atoms with Gasteiger partial charge in [-0.05, 0) is 26.2 Å². The van der Waals surface area contributed by atoms with E-state index < -0.39 is 35.8 Å². The summed E-state index contributed by atoms with van der Waals surface area (Å²) in [6.45, 7) is 7.33. The van der Waals surface area contributed by atoms with Crippen LogP contribution in [0.2, 0.25) is 0 Å². The molecule has 0 aromatic heterocycles. The summed E-state index contributed by atoms with van der Waals surface area (Å²) < 4.78 is 16.4. The third kappa shape index (κ3) is 4.27. The summed E-state index contributed by atoms with van der Waals surface area (Å²) in [5.74, 6) is -3.01. The Bertz CT molecular complexity index is 555. The Kier molecular flexibility index (Phi) is 6.13. The number of nitrogens with zero attached hydrogens (tertiary/aromatic N) is 1. The number of carboxylic acid groups (broad SMARTS) is 1. The topological polar surface area (TPSA) is 114 Å². The number of methoxy groups -OCH3 is 1. The minimum atomic E-state index is -1.14. The van der Waals surface area contributed by atoms with Crippen LogP contribution in [0.5, 0.6) is 0 Å². The van der Waals surface area contributed by atoms with Crippen molar-refractivity contribution in [3.63, 3.8) is 0 Å². The van der Waals surface area contributed by atoms with Gasteiger partial charge < -0.3 is 29.5 Å². The van der Waals surface area contributed by atoms with Crippen molar-refractivity contribution >= 4 is 18.0 Å². The number of carbonyl (C=O) groups is 3. The highest BCUT2D eigenvalue weighted by molar-refractivity contribution is 5.90. The SMILES string of the molecule is COC(=O)NC(C(=O)N1CC2(CC1C(=O)O)OC(C)CC(C)O2)C(C)C. The van der Waals surface area contributed by atoms with Crippen molar-refractivity contribution in [2.45, 2.75) is 70.6 Å². The standard InChI is InChI=1S/C17H28N2O7/c1-9(2)13(18-16(23)24-5)14(20)19-8-17(7-12(19)15(21)22)25-10(3)6-11(4)26-17/h9-13H,6-8H2,1-5H3,(H,18,23)(H,21,22). The van der Waals surface area contributed by atoms with Crippen LogP contribution in [0.4, 0.5) is 4.79 Å². The van der Waals surface area contributed by atoms with E-state index in [-0.39, 0.29) is 31.1 Å². The number of carbonyl (C=O) groups excluding carboxylic acids is 2. The summed E-state index contributed by atoms with van der Waals surface area (Å²) in [7, 11) is 1.20. The number of nitrogens with one attached hydrogen (secondary N) is 1. The summed E-state index contributed by atoms with van der Waals surface area (Å²) in [5.41, 5.74) is 0. The second-order valence-corrected chi connectivity index (χ2v) is 7.39. The monoisotopic (exact) mass is 372 g/mol. The fraction of sp³-hybridized carbons (Fsp3) is 0.824. The van der Waals surface area contributed by atoms with Crippen LogP contribution in [0.25, 0.3) is 0 Å². The number of ether oxygens (including phenoxy) is 3. The minimum Gasteiger partial charge on any atom is -0.480 e. The van der Waals surface area contributed by atoms with Crippen molar-refractivity contribution in [3.05, 3.63) is 0 Å². The zero-order valence-electron chi connectivity index (χ0n) is 15.9. The van der Waals surface area contributed by atoms with Gasteiger partial charge in [0.15, 0.2) is 5.79 Å². The molecule has 9 nitrogen and oxygen atoms in total. The van der Waals surface area contributed by atoms with Gasteiger partial charge in [-0.2, -0.15) is 0 Å². The molecular formula is C17H28N2O7. The summed E-state index contributed by atoms with van der Waals surface area (Å²) in [5, 5.41) is 12.1. The largest absolute Gasteiger partial charge is 0.480 e. The lowest BCUT2D eigenvalue weighted by molar-refractivity contribution is -0.303. The normalized spacial score (nSPS) is 32.5. The van der Waals surface area contributed by atoms with Gasteiger partial charge in [0.2, 0.25) is 5.91 Å². The predicted octanol–water partition coefficient (Wildman–Crippen LogP) is 0.963. The molecule has 2 N–H and O–H groups in total. The molecule has 2 saturated heterocycles. The van der Waals surface area contributed by atoms with E-state index in [2.05, 4.69) is 10.1 Å². The van der Waals surface area contributed by atoms with Gasteiger partial charge in [-0.1, -0.05) is 13.8 Å². The molecule has 0 aliphatic carbocycles. The second kappa shape index (κ2) is 7.79. The molecular weight excluding hydrogens is 344 g/mol. The molecule has 2 amide bonds. The van der Waals surface area contributed by atoms with Gasteiger partial charge in [0.25, 0.3) is 0 Å². The molecule has 4 atom stereocenters. The Labute approximate surface area is 152 Å². The summed E-state index contributed by atoms with van der Waals surface area (Å²) >= 11 is 0. The van der Waals surface area contributed by atoms with Crippen molar-refractivity contribution < 1.29 is 33.7 Å². The van der Waals surface area contributed by atoms with Crippen LogP contribution in [0.1, 0.15) is 40.5 Å². The fourth-order valence-electron chi connectivity index (χ4n) is 3.66. The first-order valence-electron chi connectivity index (χ1n) is 8.82. The molecule has 2 aliphatic rings. The molecule has 0 saturated carbocycles. The highest BCUT2D eigenvalue weighted by Gasteiger charge is 2.54. The van der Waals surface area contributed by atoms with Crippen LogP contribution in [-0.4, -0.2) is 71.7 Å². The molecule has 0 radical (unpaired) electrons. The Hall–Kier alpha value is -1.87. The number of rotatable bonds is 4. The van der Waals surface area contributed by atoms with E-state index in [1.807, 2.05) is 13.8 Å². The molecule has 148 valence electrons. The van der Waals surface area contributed by atoms with E-state index in [4.69, 9.17) is 9.47 Å². The third-order valence-electron chi connectivity index (χ3n) is 4.75. The molecule has 4 unspecified atom stereocenters. The number of carboxylic acids is 1. The summed E-state index contributed by atoms with van der Waals surface area (Å²) in [4.78, 5) is 37.6. The molecule has 1 spiro atoms. The van der Waals surface area contributed by atoms with E-state index >= 15 is 0 Å². The van der Waals surface area contributed by atoms with Crippen molar-refractivity contribution in [3.8, 4) is 0 Å². The number of alkyl carbamates (subject to hydrolysis) is 1. The molecule has 0 aromatic carbocycles. The fourth-order valence-corrected chi connectivity index (χ4v) is 3.66. The highest BCUT2D eigenvalue weighted by atomic mass is 16.7. The Morgan fingerprint density at radius 3 is 2.27 bits per heavy atom. The first kappa shape index (κ1) is 20.4. The van der Waals surface area contributed by atoms with Gasteiger partial charge >= 0.3 is 12.1 Å². The maximum atomic E-state index is 13.0. The smallest absolute Gasteiger partial charge is 0.407 e. The summed E-state index contributed by atoms with van der Waals surface area (Å²) in [6.07, 6.45) is -0.197. The zero-order chi connectivity index (χ0) is 19.6. The van der Waals surface area contributed by atoms with Gasteiger partial charge in [-0.15, -0.1) is 0 Å². The van der Waals surface area contributed by atoms with Crippen molar-refractivity contribution in [1.29, 1.82) is 0 Å². The maximum Gasteiger partial charge on any atom is 0.407 e. The Morgan fingerprint density at radius 1 is 1.23 bits per heavy atom. The molecule has 2 heterocycles. The van der Waals surface area contributed by atoms with Crippen LogP contribution < -0.4 is 5.32 Å². The van der Waals surface area contributed by atoms with E-state index in [0.29, 0.717) is 6.42 Å². The van der Waals surface area contributed by atoms with E-state index in [1.54, 1.807) is 13.8 Å². The first-order chi connectivity index (χ1) is 12.1. The number of likely N-dealkylation sites (tertiary alicyclic amines) is 1. The number of hydrogen-bond acceptors (Lipinski definition) is 6. The lowest BCUT2D eigenvalue weighted by atomic mass is 10.0. The summed E-state index contributed by atoms with van der Waals surface area (Å²) in [6, 6.07) is -1.99. The van der Waals surface area contributed by atoms with Crippen LogP contribution in [0, 0.1) is 5.92 Å². The zero-order valence-corrected chi connectivity index (χ0v) is 15.9. The van der Waals surface area contributed by atoms with E-state index in [9.17, 15) is 19.5 Å². The maximum absolute atomic E-state index is 13.0. The lowest BCUT2D eigenvalue weighted by Gasteiger charge is -2.40. The van der Waals surface area contributed by atoms with Crippen molar-refractivity contribution in [1.82, 2.24) is 10.2 Å². The number of amides is 2. The molecule has 2 aliphatic heterocycles. The quantitative estimate of drug-likeness (QED) is 0.755. The molecule has 0 bridgehead atoms. The Balaban J connectivity index is 2.25. The molecule has 9 heteroatoms. The second-order valence-electron chi connectivity index (χ2n) is 7.39. The number of hydrogen-bond donors (Lipinski definition) is 2. The van der Waals surface area contributed by atoms with Crippen LogP contribution in [0.3, 0.4) is 0 Å². The van der Waals surface area contributed by atoms with Gasteiger partial charge in [0.05, 0.1) is 25.9 Å². The van der Waals surface area contributed by atoms with Gasteiger partial charge in [-0.25, -0.2) is 9.59 Å². The van der Waals surface area contributed by atoms with Gasteiger partial charge in [0.1, 0.15) is 12.1 Å². The number of aliphatic carboxylic acids is 1. The van der Waals surface area contributed by atoms with E-state index in [0.717, 1.165) is 0 Å². The van der Waals surface area contributed by atoms with Gasteiger partial charge in [0, 0.05) is 6.42 Å². The van der Waals surface area contributed by atoms with Crippen LogP contribution in [0.15, 0.2) is 0 Å². The minimum absolute atomic E-state index is 0.00352. The van der Waals surface area contributed by atoms with Crippen LogP contribution in [-0.2, 0) is 23.8 Å². The van der Waals surface area contributed by atoms with Crippen LogP contribution >= 0.6 is 0 Å². The third-order valence-corrected chi connectivity index (χ3v) is 4.75. The van der Waals surface area contributed by atoms with Gasteiger partial charge in [-0.3, -0.25) is 4.79 Å². The van der Waals surface area contributed by atoms with Crippen molar-refractivity contribution in [2.75, 3.05) is 13.7 Å². The Morgan fingerprint density at radius 2 is 1.81 bits per heavy atom. The lowest BCUT2D eigenvalue weighted by Crippen LogP contribution is -2.55. The highest BCUT2D eigenvalue weighted by Crippen LogP contribution is 2.38. The average molecular weight is 372 g/mol. The molecule has 2 rings (SSSR count). The predicted molar refractivity (Wildman–Crippen MR) is 90.4 cm³/mol. The van der Waals surface area contributed by atoms with E-state index in [1.165, 1.54) is 12.0 Å². The molecule has 26 heavy (non-hydrogen) atoms. The molecule has 2 fully saturated rings.